The zero-order valence-electron chi connectivity index (χ0n) is 16.8. The normalized spacial score (nSPS) is 11.1. The average molecular weight is 412 g/mol. The van der Waals surface area contributed by atoms with Crippen LogP contribution < -0.4 is 5.32 Å². The number of imidazole rings is 1. The summed E-state index contributed by atoms with van der Waals surface area (Å²) in [5.74, 6) is 0.877. The number of anilines is 1. The minimum absolute atomic E-state index is 0.607. The van der Waals surface area contributed by atoms with E-state index in [0.717, 1.165) is 44.6 Å². The third-order valence-electron chi connectivity index (χ3n) is 5.04. The number of pyridine rings is 2. The number of thiophene rings is 1. The highest BCUT2D eigenvalue weighted by atomic mass is 32.1. The number of fused-ring (bicyclic) bond motifs is 1. The number of hydrogen-bond acceptors (Lipinski definition) is 5. The summed E-state index contributed by atoms with van der Waals surface area (Å²) in [5.41, 5.74) is 6.04. The van der Waals surface area contributed by atoms with Crippen molar-refractivity contribution < 1.29 is 0 Å². The van der Waals surface area contributed by atoms with Gasteiger partial charge in [0.05, 0.1) is 22.8 Å². The Labute approximate surface area is 178 Å². The van der Waals surface area contributed by atoms with Crippen molar-refractivity contribution in [3.63, 3.8) is 0 Å². The molecular weight excluding hydrogens is 390 g/mol. The number of nitrogens with zero attached hydrogens (tertiary/aromatic N) is 3. The topological polar surface area (TPSA) is 66.5 Å². The van der Waals surface area contributed by atoms with Crippen LogP contribution in [0.4, 0.5) is 5.69 Å². The van der Waals surface area contributed by atoms with E-state index in [-0.39, 0.29) is 0 Å². The number of para-hydroxylation sites is 1. The number of aromatic nitrogens is 4. The second-order valence-electron chi connectivity index (χ2n) is 7.26. The molecule has 5 rings (SSSR count). The van der Waals surface area contributed by atoms with Gasteiger partial charge in [0.1, 0.15) is 11.5 Å². The van der Waals surface area contributed by atoms with Crippen LogP contribution in [0.3, 0.4) is 0 Å². The Morgan fingerprint density at radius 2 is 1.90 bits per heavy atom. The summed E-state index contributed by atoms with van der Waals surface area (Å²) in [4.78, 5) is 18.6. The maximum absolute atomic E-state index is 4.92. The summed E-state index contributed by atoms with van der Waals surface area (Å²) < 4.78 is 1.21. The first-order valence-electron chi connectivity index (χ1n) is 9.84. The van der Waals surface area contributed by atoms with Crippen molar-refractivity contribution in [3.05, 3.63) is 84.1 Å². The van der Waals surface area contributed by atoms with Gasteiger partial charge in [-0.2, -0.15) is 0 Å². The number of rotatable bonds is 5. The van der Waals surface area contributed by atoms with Crippen molar-refractivity contribution >= 4 is 27.1 Å². The maximum atomic E-state index is 4.92. The molecule has 0 atom stereocenters. The van der Waals surface area contributed by atoms with E-state index in [2.05, 4.69) is 40.4 Å². The monoisotopic (exact) mass is 411 g/mol. The summed E-state index contributed by atoms with van der Waals surface area (Å²) >= 11 is 1.73. The molecule has 5 aromatic rings. The Hall–Kier alpha value is -3.51. The number of H-pyrrole nitrogens is 1. The van der Waals surface area contributed by atoms with Gasteiger partial charge in [-0.3, -0.25) is 9.97 Å². The molecule has 6 heteroatoms. The van der Waals surface area contributed by atoms with E-state index in [0.29, 0.717) is 6.54 Å². The molecule has 0 aliphatic heterocycles. The van der Waals surface area contributed by atoms with Crippen molar-refractivity contribution in [1.29, 1.82) is 0 Å². The fourth-order valence-corrected chi connectivity index (χ4v) is 4.53. The van der Waals surface area contributed by atoms with Crippen LogP contribution in [0.5, 0.6) is 0 Å². The molecule has 0 spiro atoms. The highest BCUT2D eigenvalue weighted by Gasteiger charge is 2.17. The quantitative estimate of drug-likeness (QED) is 0.373. The third kappa shape index (κ3) is 3.57. The molecule has 4 aromatic heterocycles. The number of aryl methyl sites for hydroxylation is 2. The van der Waals surface area contributed by atoms with Gasteiger partial charge in [-0.25, -0.2) is 4.98 Å². The molecule has 0 saturated carbocycles. The number of nitrogens with one attached hydrogen (secondary N) is 2. The second kappa shape index (κ2) is 7.72. The SMILES string of the molecule is Cc1cccc(-c2nc(CNc3ccccc3C)[nH]c2-c2cc3cnccc3s2)n1. The van der Waals surface area contributed by atoms with Crippen LogP contribution in [0.2, 0.25) is 0 Å². The smallest absolute Gasteiger partial charge is 0.126 e. The first-order valence-corrected chi connectivity index (χ1v) is 10.7. The molecule has 0 bridgehead atoms. The van der Waals surface area contributed by atoms with Crippen LogP contribution in [0.15, 0.2) is 67.0 Å². The zero-order valence-corrected chi connectivity index (χ0v) is 17.6. The molecule has 148 valence electrons. The fourth-order valence-electron chi connectivity index (χ4n) is 3.50. The molecular formula is C24H21N5S. The predicted octanol–water partition coefficient (Wildman–Crippen LogP) is 5.98. The first kappa shape index (κ1) is 18.5. The van der Waals surface area contributed by atoms with Crippen LogP contribution >= 0.6 is 11.3 Å². The molecule has 0 saturated heterocycles. The lowest BCUT2D eigenvalue weighted by Gasteiger charge is -2.07. The zero-order chi connectivity index (χ0) is 20.5. The molecule has 0 amide bonds. The van der Waals surface area contributed by atoms with Crippen LogP contribution in [0, 0.1) is 13.8 Å². The lowest BCUT2D eigenvalue weighted by molar-refractivity contribution is 0.998. The number of benzene rings is 1. The Morgan fingerprint density at radius 3 is 2.73 bits per heavy atom. The van der Waals surface area contributed by atoms with E-state index in [4.69, 9.17) is 9.97 Å². The van der Waals surface area contributed by atoms with Crippen LogP contribution in [0.25, 0.3) is 32.0 Å². The summed E-state index contributed by atoms with van der Waals surface area (Å²) in [6, 6.07) is 18.5. The molecule has 30 heavy (non-hydrogen) atoms. The average Bonchev–Trinajstić information content (AvgIpc) is 3.37. The molecule has 0 radical (unpaired) electrons. The van der Waals surface area contributed by atoms with Gasteiger partial charge in [-0.1, -0.05) is 24.3 Å². The molecule has 0 fully saturated rings. The summed E-state index contributed by atoms with van der Waals surface area (Å²) in [7, 11) is 0. The molecule has 4 heterocycles. The van der Waals surface area contributed by atoms with Gasteiger partial charge in [0, 0.05) is 33.9 Å². The number of hydrogen-bond donors (Lipinski definition) is 2. The Bertz CT molecular complexity index is 1300. The second-order valence-corrected chi connectivity index (χ2v) is 8.35. The highest BCUT2D eigenvalue weighted by Crippen LogP contribution is 2.37. The minimum atomic E-state index is 0.607. The molecule has 0 aliphatic rings. The van der Waals surface area contributed by atoms with Gasteiger partial charge in [-0.15, -0.1) is 11.3 Å². The van der Waals surface area contributed by atoms with Gasteiger partial charge in [0.25, 0.3) is 0 Å². The van der Waals surface area contributed by atoms with Crippen LogP contribution in [-0.4, -0.2) is 19.9 Å². The number of aromatic amines is 1. The van der Waals surface area contributed by atoms with E-state index in [1.165, 1.54) is 10.3 Å². The lowest BCUT2D eigenvalue weighted by Crippen LogP contribution is -2.02. The molecule has 0 unspecified atom stereocenters. The summed E-state index contributed by atoms with van der Waals surface area (Å²) in [6.45, 7) is 4.71. The standard InChI is InChI=1S/C24H21N5S/c1-15-6-3-4-8-18(15)26-14-22-28-23(19-9-5-7-16(2)27-19)24(29-22)21-12-17-13-25-11-10-20(17)30-21/h3-13,26H,14H2,1-2H3,(H,28,29). The van der Waals surface area contributed by atoms with Gasteiger partial charge in [-0.05, 0) is 49.7 Å². The van der Waals surface area contributed by atoms with E-state index in [9.17, 15) is 0 Å². The van der Waals surface area contributed by atoms with Crippen molar-refractivity contribution in [2.75, 3.05) is 5.32 Å². The predicted molar refractivity (Wildman–Crippen MR) is 124 cm³/mol. The van der Waals surface area contributed by atoms with Crippen molar-refractivity contribution in [1.82, 2.24) is 19.9 Å². The molecule has 5 nitrogen and oxygen atoms in total. The van der Waals surface area contributed by atoms with Crippen LogP contribution in [-0.2, 0) is 6.54 Å². The van der Waals surface area contributed by atoms with Gasteiger partial charge in [0.15, 0.2) is 0 Å². The molecule has 2 N–H and O–H groups in total. The highest BCUT2D eigenvalue weighted by molar-refractivity contribution is 7.22. The molecule has 0 aliphatic carbocycles. The Kier molecular flexibility index (Phi) is 4.77. The minimum Gasteiger partial charge on any atom is -0.378 e. The van der Waals surface area contributed by atoms with Crippen LogP contribution in [0.1, 0.15) is 17.1 Å². The van der Waals surface area contributed by atoms with Crippen molar-refractivity contribution in [3.8, 4) is 22.0 Å². The fraction of sp³-hybridized carbons (Fsp3) is 0.125. The third-order valence-corrected chi connectivity index (χ3v) is 6.17. The van der Waals surface area contributed by atoms with Gasteiger partial charge >= 0.3 is 0 Å². The molecule has 1 aromatic carbocycles. The Balaban J connectivity index is 1.56. The largest absolute Gasteiger partial charge is 0.378 e. The van der Waals surface area contributed by atoms with E-state index >= 15 is 0 Å². The first-order chi connectivity index (χ1) is 14.7. The van der Waals surface area contributed by atoms with E-state index in [1.54, 1.807) is 11.3 Å². The van der Waals surface area contributed by atoms with Crippen molar-refractivity contribution in [2.24, 2.45) is 0 Å². The van der Waals surface area contributed by atoms with E-state index in [1.807, 2.05) is 55.7 Å². The van der Waals surface area contributed by atoms with Gasteiger partial charge < -0.3 is 10.3 Å². The summed E-state index contributed by atoms with van der Waals surface area (Å²) in [6.07, 6.45) is 3.73. The Morgan fingerprint density at radius 1 is 1.00 bits per heavy atom. The lowest BCUT2D eigenvalue weighted by atomic mass is 10.2. The van der Waals surface area contributed by atoms with Gasteiger partial charge in [0.2, 0.25) is 0 Å². The maximum Gasteiger partial charge on any atom is 0.126 e. The van der Waals surface area contributed by atoms with Crippen molar-refractivity contribution in [2.45, 2.75) is 20.4 Å². The summed E-state index contributed by atoms with van der Waals surface area (Å²) in [5, 5.41) is 4.62. The van der Waals surface area contributed by atoms with E-state index < -0.39 is 0 Å².